The van der Waals surface area contributed by atoms with Gasteiger partial charge in [-0.2, -0.15) is 0 Å². The maximum absolute atomic E-state index is 10.9. The summed E-state index contributed by atoms with van der Waals surface area (Å²) >= 11 is 0. The minimum Gasteiger partial charge on any atom is -0.421 e. The zero-order valence-electron chi connectivity index (χ0n) is 12.1. The number of benzene rings is 1. The highest BCUT2D eigenvalue weighted by molar-refractivity contribution is 5.59. The predicted molar refractivity (Wildman–Crippen MR) is 78.0 cm³/mol. The molecule has 0 aliphatic rings. The van der Waals surface area contributed by atoms with Gasteiger partial charge in [-0.25, -0.2) is 0 Å². The van der Waals surface area contributed by atoms with Crippen molar-refractivity contribution < 1.29 is 9.34 Å². The first-order valence-corrected chi connectivity index (χ1v) is 6.90. The van der Waals surface area contributed by atoms with E-state index in [2.05, 4.69) is 22.4 Å². The van der Waals surface area contributed by atoms with Gasteiger partial charge in [-0.1, -0.05) is 13.0 Å². The van der Waals surface area contributed by atoms with Crippen LogP contribution in [-0.4, -0.2) is 28.2 Å². The molecule has 0 aliphatic heterocycles. The van der Waals surface area contributed by atoms with E-state index >= 15 is 0 Å². The van der Waals surface area contributed by atoms with Gasteiger partial charge < -0.3 is 9.73 Å². The third kappa shape index (κ3) is 3.85. The molecule has 1 heterocycles. The van der Waals surface area contributed by atoms with Gasteiger partial charge in [0, 0.05) is 23.6 Å². The average molecular weight is 290 g/mol. The monoisotopic (exact) mass is 290 g/mol. The molecule has 21 heavy (non-hydrogen) atoms. The molecule has 0 spiro atoms. The molecule has 1 aromatic heterocycles. The van der Waals surface area contributed by atoms with E-state index in [-0.39, 0.29) is 5.69 Å². The lowest BCUT2D eigenvalue weighted by Crippen LogP contribution is -2.14. The van der Waals surface area contributed by atoms with E-state index in [1.165, 1.54) is 6.07 Å². The van der Waals surface area contributed by atoms with Gasteiger partial charge in [-0.15, -0.1) is 10.2 Å². The van der Waals surface area contributed by atoms with Crippen LogP contribution in [0.4, 0.5) is 5.69 Å². The van der Waals surface area contributed by atoms with Crippen LogP contribution in [-0.2, 0) is 6.42 Å². The number of rotatable bonds is 7. The molecule has 0 fully saturated rings. The molecule has 1 N–H and O–H groups in total. The summed E-state index contributed by atoms with van der Waals surface area (Å²) in [5, 5.41) is 22.1. The van der Waals surface area contributed by atoms with E-state index in [4.69, 9.17) is 4.42 Å². The van der Waals surface area contributed by atoms with Gasteiger partial charge in [0.2, 0.25) is 11.8 Å². The summed E-state index contributed by atoms with van der Waals surface area (Å²) < 4.78 is 5.55. The van der Waals surface area contributed by atoms with Crippen molar-refractivity contribution in [3.8, 4) is 11.5 Å². The van der Waals surface area contributed by atoms with Crippen molar-refractivity contribution in [3.63, 3.8) is 0 Å². The molecule has 0 saturated carbocycles. The summed E-state index contributed by atoms with van der Waals surface area (Å²) in [5.74, 6) is 0.864. The lowest BCUT2D eigenvalue weighted by Gasteiger charge is -1.99. The Morgan fingerprint density at radius 1 is 1.38 bits per heavy atom. The Kier molecular flexibility index (Phi) is 4.99. The Morgan fingerprint density at radius 2 is 2.19 bits per heavy atom. The van der Waals surface area contributed by atoms with Crippen LogP contribution in [0, 0.1) is 17.0 Å². The second-order valence-corrected chi connectivity index (χ2v) is 4.72. The zero-order valence-corrected chi connectivity index (χ0v) is 12.1. The highest BCUT2D eigenvalue weighted by atomic mass is 16.6. The standard InChI is InChI=1S/C14H18N4O3/c1-3-15-8-4-5-13-16-17-14(21-13)11-7-6-10(2)12(9-11)18(19)20/h6-7,9,15H,3-5,8H2,1-2H3. The number of nitro groups is 1. The summed E-state index contributed by atoms with van der Waals surface area (Å²) in [4.78, 5) is 10.5. The van der Waals surface area contributed by atoms with Crippen LogP contribution >= 0.6 is 0 Å². The summed E-state index contributed by atoms with van der Waals surface area (Å²) in [6, 6.07) is 4.89. The van der Waals surface area contributed by atoms with E-state index in [0.717, 1.165) is 19.5 Å². The van der Waals surface area contributed by atoms with Crippen molar-refractivity contribution in [1.82, 2.24) is 15.5 Å². The SMILES string of the molecule is CCNCCCc1nnc(-c2ccc(C)c([N+](=O)[O-])c2)o1. The molecule has 0 amide bonds. The molecule has 2 rings (SSSR count). The maximum Gasteiger partial charge on any atom is 0.273 e. The van der Waals surface area contributed by atoms with E-state index < -0.39 is 4.92 Å². The first kappa shape index (κ1) is 15.1. The quantitative estimate of drug-likeness (QED) is 0.478. The van der Waals surface area contributed by atoms with Gasteiger partial charge in [-0.3, -0.25) is 10.1 Å². The maximum atomic E-state index is 10.9. The van der Waals surface area contributed by atoms with E-state index in [1.54, 1.807) is 19.1 Å². The van der Waals surface area contributed by atoms with Crippen LogP contribution in [0.2, 0.25) is 0 Å². The minimum absolute atomic E-state index is 0.0550. The van der Waals surface area contributed by atoms with Crippen molar-refractivity contribution in [2.45, 2.75) is 26.7 Å². The molecule has 0 bridgehead atoms. The normalized spacial score (nSPS) is 10.8. The van der Waals surface area contributed by atoms with Gasteiger partial charge in [-0.05, 0) is 32.5 Å². The molecule has 0 atom stereocenters. The van der Waals surface area contributed by atoms with Crippen LogP contribution < -0.4 is 5.32 Å². The van der Waals surface area contributed by atoms with Crippen molar-refractivity contribution in [2.75, 3.05) is 13.1 Å². The van der Waals surface area contributed by atoms with Gasteiger partial charge in [0.1, 0.15) is 0 Å². The third-order valence-electron chi connectivity index (χ3n) is 3.11. The second-order valence-electron chi connectivity index (χ2n) is 4.72. The molecular weight excluding hydrogens is 272 g/mol. The van der Waals surface area contributed by atoms with E-state index in [0.29, 0.717) is 29.3 Å². The average Bonchev–Trinajstić information content (AvgIpc) is 2.92. The van der Waals surface area contributed by atoms with Gasteiger partial charge in [0.25, 0.3) is 5.69 Å². The molecule has 0 radical (unpaired) electrons. The van der Waals surface area contributed by atoms with Crippen LogP contribution in [0.25, 0.3) is 11.5 Å². The molecule has 1 aromatic carbocycles. The van der Waals surface area contributed by atoms with Crippen molar-refractivity contribution >= 4 is 5.69 Å². The lowest BCUT2D eigenvalue weighted by atomic mass is 10.1. The number of nitrogens with zero attached hydrogens (tertiary/aromatic N) is 3. The van der Waals surface area contributed by atoms with E-state index in [9.17, 15) is 10.1 Å². The van der Waals surface area contributed by atoms with Gasteiger partial charge in [0.15, 0.2) is 0 Å². The molecule has 0 saturated heterocycles. The Balaban J connectivity index is 2.10. The van der Waals surface area contributed by atoms with E-state index in [1.807, 2.05) is 0 Å². The fourth-order valence-corrected chi connectivity index (χ4v) is 1.95. The smallest absolute Gasteiger partial charge is 0.273 e. The van der Waals surface area contributed by atoms with Crippen LogP contribution in [0.5, 0.6) is 0 Å². The summed E-state index contributed by atoms with van der Waals surface area (Å²) in [6.07, 6.45) is 1.59. The third-order valence-corrected chi connectivity index (χ3v) is 3.11. The Bertz CT molecular complexity index is 624. The first-order valence-electron chi connectivity index (χ1n) is 6.90. The van der Waals surface area contributed by atoms with Crippen molar-refractivity contribution in [3.05, 3.63) is 39.8 Å². The molecule has 7 nitrogen and oxygen atoms in total. The second kappa shape index (κ2) is 6.94. The van der Waals surface area contributed by atoms with Crippen LogP contribution in [0.1, 0.15) is 24.8 Å². The Hall–Kier alpha value is -2.28. The lowest BCUT2D eigenvalue weighted by molar-refractivity contribution is -0.385. The fraction of sp³-hybridized carbons (Fsp3) is 0.429. The topological polar surface area (TPSA) is 94.1 Å². The van der Waals surface area contributed by atoms with Gasteiger partial charge in [0.05, 0.1) is 4.92 Å². The minimum atomic E-state index is -0.410. The molecule has 0 aliphatic carbocycles. The number of aromatic nitrogens is 2. The summed E-state index contributed by atoms with van der Waals surface area (Å²) in [7, 11) is 0. The first-order chi connectivity index (χ1) is 10.1. The number of aryl methyl sites for hydroxylation is 2. The van der Waals surface area contributed by atoms with Crippen LogP contribution in [0.3, 0.4) is 0 Å². The molecule has 7 heteroatoms. The summed E-state index contributed by atoms with van der Waals surface area (Å²) in [5.41, 5.74) is 1.23. The van der Waals surface area contributed by atoms with Gasteiger partial charge >= 0.3 is 0 Å². The summed E-state index contributed by atoms with van der Waals surface area (Å²) in [6.45, 7) is 5.57. The zero-order chi connectivity index (χ0) is 15.2. The number of hydrogen-bond acceptors (Lipinski definition) is 6. The van der Waals surface area contributed by atoms with Crippen LogP contribution in [0.15, 0.2) is 22.6 Å². The largest absolute Gasteiger partial charge is 0.421 e. The molecular formula is C14H18N4O3. The Labute approximate surface area is 122 Å². The molecule has 0 unspecified atom stereocenters. The van der Waals surface area contributed by atoms with Crippen molar-refractivity contribution in [2.24, 2.45) is 0 Å². The number of hydrogen-bond donors (Lipinski definition) is 1. The number of nitro benzene ring substituents is 1. The fourth-order valence-electron chi connectivity index (χ4n) is 1.95. The predicted octanol–water partition coefficient (Wildman–Crippen LogP) is 2.50. The van der Waals surface area contributed by atoms with Crippen molar-refractivity contribution in [1.29, 1.82) is 0 Å². The molecule has 112 valence electrons. The highest BCUT2D eigenvalue weighted by Crippen LogP contribution is 2.26. The molecule has 2 aromatic rings. The number of nitrogens with one attached hydrogen (secondary N) is 1. The highest BCUT2D eigenvalue weighted by Gasteiger charge is 2.15. The Morgan fingerprint density at radius 3 is 2.90 bits per heavy atom.